The second-order valence-electron chi connectivity index (χ2n) is 9.18. The van der Waals surface area contributed by atoms with Gasteiger partial charge in [-0.1, -0.05) is 19.4 Å². The molecule has 0 radical (unpaired) electrons. The van der Waals surface area contributed by atoms with E-state index < -0.39 is 11.6 Å². The van der Waals surface area contributed by atoms with Crippen LogP contribution in [-0.2, 0) is 9.59 Å². The molecule has 168 valence electrons. The Morgan fingerprint density at radius 1 is 1.28 bits per heavy atom. The van der Waals surface area contributed by atoms with Gasteiger partial charge in [0.25, 0.3) is 5.91 Å². The van der Waals surface area contributed by atoms with Crippen molar-refractivity contribution >= 4 is 34.5 Å². The van der Waals surface area contributed by atoms with Gasteiger partial charge < -0.3 is 15.2 Å². The maximum absolute atomic E-state index is 13.1. The summed E-state index contributed by atoms with van der Waals surface area (Å²) < 4.78 is 0. The van der Waals surface area contributed by atoms with E-state index in [1.54, 1.807) is 11.1 Å². The first-order valence-corrected chi connectivity index (χ1v) is 11.5. The quantitative estimate of drug-likeness (QED) is 0.721. The van der Waals surface area contributed by atoms with Gasteiger partial charge >= 0.3 is 6.03 Å². The van der Waals surface area contributed by atoms with Gasteiger partial charge in [-0.15, -0.1) is 0 Å². The van der Waals surface area contributed by atoms with Gasteiger partial charge in [-0.05, 0) is 55.7 Å². The molecule has 0 atom stereocenters. The van der Waals surface area contributed by atoms with Gasteiger partial charge in [-0.25, -0.2) is 9.78 Å². The van der Waals surface area contributed by atoms with Crippen LogP contribution in [0, 0.1) is 5.92 Å². The fourth-order valence-electron chi connectivity index (χ4n) is 5.33. The smallest absolute Gasteiger partial charge is 0.325 e. The molecule has 1 saturated carbocycles. The Morgan fingerprint density at radius 3 is 2.81 bits per heavy atom. The number of carbonyl (C=O) groups excluding carboxylic acids is 3. The van der Waals surface area contributed by atoms with Gasteiger partial charge in [-0.3, -0.25) is 14.5 Å². The van der Waals surface area contributed by atoms with Gasteiger partial charge in [0.15, 0.2) is 0 Å². The Kier molecular flexibility index (Phi) is 5.23. The maximum Gasteiger partial charge on any atom is 0.325 e. The van der Waals surface area contributed by atoms with Gasteiger partial charge in [-0.2, -0.15) is 0 Å². The minimum atomic E-state index is -0.804. The Morgan fingerprint density at radius 2 is 2.09 bits per heavy atom. The zero-order valence-electron chi connectivity index (χ0n) is 18.4. The summed E-state index contributed by atoms with van der Waals surface area (Å²) in [5, 5.41) is 3.98. The first kappa shape index (κ1) is 20.7. The molecule has 8 nitrogen and oxygen atoms in total. The zero-order valence-corrected chi connectivity index (χ0v) is 18.4. The van der Waals surface area contributed by atoms with Crippen molar-refractivity contribution in [1.82, 2.24) is 25.1 Å². The van der Waals surface area contributed by atoms with Crippen molar-refractivity contribution in [3.63, 3.8) is 0 Å². The van der Waals surface area contributed by atoms with Gasteiger partial charge in [0.1, 0.15) is 17.7 Å². The molecule has 8 heteroatoms. The molecule has 32 heavy (non-hydrogen) atoms. The molecule has 0 bridgehead atoms. The summed E-state index contributed by atoms with van der Waals surface area (Å²) in [6, 6.07) is 3.52. The molecule has 2 aromatic heterocycles. The number of rotatable bonds is 4. The molecule has 0 aromatic carbocycles. The molecule has 2 N–H and O–H groups in total. The first-order chi connectivity index (χ1) is 15.5. The van der Waals surface area contributed by atoms with Crippen LogP contribution < -0.4 is 5.32 Å². The highest BCUT2D eigenvalue weighted by molar-refractivity contribution is 6.09. The Balaban J connectivity index is 1.23. The number of H-pyrrole nitrogens is 1. The summed E-state index contributed by atoms with van der Waals surface area (Å²) in [5.41, 5.74) is 2.33. The molecule has 4 heterocycles. The number of hydrogen-bond acceptors (Lipinski definition) is 4. The van der Waals surface area contributed by atoms with Crippen LogP contribution in [0.2, 0.25) is 0 Å². The summed E-state index contributed by atoms with van der Waals surface area (Å²) >= 11 is 0. The predicted molar refractivity (Wildman–Crippen MR) is 120 cm³/mol. The van der Waals surface area contributed by atoms with Crippen LogP contribution in [0.25, 0.3) is 16.6 Å². The van der Waals surface area contributed by atoms with Crippen LogP contribution in [0.5, 0.6) is 0 Å². The number of pyridine rings is 1. The molecule has 5 rings (SSSR count). The van der Waals surface area contributed by atoms with E-state index in [2.05, 4.69) is 28.3 Å². The third-order valence-electron chi connectivity index (χ3n) is 7.43. The van der Waals surface area contributed by atoms with Crippen molar-refractivity contribution in [1.29, 1.82) is 0 Å². The second kappa shape index (κ2) is 8.07. The molecule has 4 amide bonds. The number of hydrogen-bond donors (Lipinski definition) is 2. The number of aromatic amines is 1. The predicted octanol–water partition coefficient (Wildman–Crippen LogP) is 3.07. The SMILES string of the molecule is CCC1CCC2(CC1)NC(=O)N(CC(=O)N1CC=C(c3c[nH]c4ncccc34)CC1)C2=O. The third kappa shape index (κ3) is 3.47. The molecule has 2 aromatic rings. The first-order valence-electron chi connectivity index (χ1n) is 11.5. The maximum atomic E-state index is 13.1. The molecule has 2 fully saturated rings. The summed E-state index contributed by atoms with van der Waals surface area (Å²) in [5.74, 6) is 0.192. The minimum absolute atomic E-state index is 0.191. The summed E-state index contributed by atoms with van der Waals surface area (Å²) in [4.78, 5) is 48.9. The van der Waals surface area contributed by atoms with E-state index in [0.717, 1.165) is 47.2 Å². The molecule has 0 unspecified atom stereocenters. The van der Waals surface area contributed by atoms with E-state index >= 15 is 0 Å². The van der Waals surface area contributed by atoms with E-state index in [0.29, 0.717) is 31.8 Å². The lowest BCUT2D eigenvalue weighted by Crippen LogP contribution is -2.50. The van der Waals surface area contributed by atoms with Crippen LogP contribution in [0.3, 0.4) is 0 Å². The van der Waals surface area contributed by atoms with Crippen LogP contribution >= 0.6 is 0 Å². The Labute approximate surface area is 187 Å². The van der Waals surface area contributed by atoms with Crippen molar-refractivity contribution < 1.29 is 14.4 Å². The summed E-state index contributed by atoms with van der Waals surface area (Å²) in [6.07, 6.45) is 10.8. The number of urea groups is 1. The highest BCUT2D eigenvalue weighted by Crippen LogP contribution is 2.37. The number of imide groups is 1. The van der Waals surface area contributed by atoms with Crippen molar-refractivity contribution in [2.24, 2.45) is 5.92 Å². The van der Waals surface area contributed by atoms with Crippen molar-refractivity contribution in [2.75, 3.05) is 19.6 Å². The molecular formula is C24H29N5O3. The van der Waals surface area contributed by atoms with E-state index in [9.17, 15) is 14.4 Å². The molecule has 1 aliphatic carbocycles. The highest BCUT2D eigenvalue weighted by atomic mass is 16.2. The Bertz CT molecular complexity index is 1100. The fraction of sp³-hybridized carbons (Fsp3) is 0.500. The van der Waals surface area contributed by atoms with Gasteiger partial charge in [0.05, 0.1) is 0 Å². The van der Waals surface area contributed by atoms with Crippen LogP contribution in [-0.4, -0.2) is 62.8 Å². The summed E-state index contributed by atoms with van der Waals surface area (Å²) in [7, 11) is 0. The normalized spacial score (nSPS) is 26.0. The molecule has 2 aliphatic heterocycles. The largest absolute Gasteiger partial charge is 0.346 e. The van der Waals surface area contributed by atoms with Crippen molar-refractivity contribution in [3.8, 4) is 0 Å². The lowest BCUT2D eigenvalue weighted by atomic mass is 9.75. The standard InChI is InChI=1S/C24H29N5O3/c1-2-16-5-9-24(10-6-16)22(31)29(23(32)27-24)15-20(30)28-12-7-17(8-13-28)19-14-26-21-18(19)4-3-11-25-21/h3-4,7,11,14,16H,2,5-6,8-10,12-13,15H2,1H3,(H,25,26)(H,27,32). The zero-order chi connectivity index (χ0) is 22.3. The Hall–Kier alpha value is -3.16. The highest BCUT2D eigenvalue weighted by Gasteiger charge is 2.52. The van der Waals surface area contributed by atoms with Crippen LogP contribution in [0.1, 0.15) is 51.0 Å². The number of aromatic nitrogens is 2. The lowest BCUT2D eigenvalue weighted by molar-refractivity contribution is -0.139. The van der Waals surface area contributed by atoms with Crippen LogP contribution in [0.4, 0.5) is 4.79 Å². The van der Waals surface area contributed by atoms with E-state index in [1.165, 1.54) is 5.57 Å². The number of carbonyl (C=O) groups is 3. The molecule has 1 saturated heterocycles. The monoisotopic (exact) mass is 435 g/mol. The average Bonchev–Trinajstić information content (AvgIpc) is 3.35. The molecule has 1 spiro atoms. The van der Waals surface area contributed by atoms with E-state index in [4.69, 9.17) is 0 Å². The number of amides is 4. The molecular weight excluding hydrogens is 406 g/mol. The average molecular weight is 436 g/mol. The lowest BCUT2D eigenvalue weighted by Gasteiger charge is -2.34. The second-order valence-corrected chi connectivity index (χ2v) is 9.18. The minimum Gasteiger partial charge on any atom is -0.346 e. The number of fused-ring (bicyclic) bond motifs is 1. The van der Waals surface area contributed by atoms with Crippen molar-refractivity contribution in [3.05, 3.63) is 36.2 Å². The summed E-state index contributed by atoms with van der Waals surface area (Å²) in [6.45, 7) is 3.00. The number of nitrogens with zero attached hydrogens (tertiary/aromatic N) is 3. The van der Waals surface area contributed by atoms with Gasteiger partial charge in [0, 0.05) is 36.4 Å². The molecule has 3 aliphatic rings. The topological polar surface area (TPSA) is 98.4 Å². The van der Waals surface area contributed by atoms with Crippen molar-refractivity contribution in [2.45, 2.75) is 51.0 Å². The van der Waals surface area contributed by atoms with E-state index in [1.807, 2.05) is 18.3 Å². The third-order valence-corrected chi connectivity index (χ3v) is 7.43. The van der Waals surface area contributed by atoms with Crippen LogP contribution in [0.15, 0.2) is 30.6 Å². The fourth-order valence-corrected chi connectivity index (χ4v) is 5.33. The van der Waals surface area contributed by atoms with Gasteiger partial charge in [0.2, 0.25) is 5.91 Å². The number of nitrogens with one attached hydrogen (secondary N) is 2. The van der Waals surface area contributed by atoms with E-state index in [-0.39, 0.29) is 18.4 Å².